The molecule has 0 saturated carbocycles. The molecule has 0 bridgehead atoms. The summed E-state index contributed by atoms with van der Waals surface area (Å²) < 4.78 is 5.21. The van der Waals surface area contributed by atoms with E-state index < -0.39 is 0 Å². The SMILES string of the molecule is Cc1ccc2cc(CNCCCOCCO)ccc2n1. The van der Waals surface area contributed by atoms with E-state index >= 15 is 0 Å². The van der Waals surface area contributed by atoms with Crippen LogP contribution in [-0.2, 0) is 11.3 Å². The van der Waals surface area contributed by atoms with Crippen LogP contribution in [0.15, 0.2) is 30.3 Å². The average Bonchev–Trinajstić information content (AvgIpc) is 2.46. The number of aliphatic hydroxyl groups is 1. The highest BCUT2D eigenvalue weighted by atomic mass is 16.5. The molecule has 0 saturated heterocycles. The van der Waals surface area contributed by atoms with Gasteiger partial charge in [-0.1, -0.05) is 12.1 Å². The summed E-state index contributed by atoms with van der Waals surface area (Å²) in [5.41, 5.74) is 3.36. The van der Waals surface area contributed by atoms with Crippen LogP contribution in [0, 0.1) is 6.92 Å². The van der Waals surface area contributed by atoms with Crippen molar-refractivity contribution < 1.29 is 9.84 Å². The van der Waals surface area contributed by atoms with Gasteiger partial charge in [-0.3, -0.25) is 4.98 Å². The number of hydrogen-bond acceptors (Lipinski definition) is 4. The molecule has 1 aromatic carbocycles. The van der Waals surface area contributed by atoms with Crippen LogP contribution in [0.4, 0.5) is 0 Å². The molecule has 2 N–H and O–H groups in total. The van der Waals surface area contributed by atoms with Crippen LogP contribution < -0.4 is 5.32 Å². The maximum absolute atomic E-state index is 8.58. The first-order valence-corrected chi connectivity index (χ1v) is 7.05. The highest BCUT2D eigenvalue weighted by Gasteiger charge is 1.98. The fourth-order valence-corrected chi connectivity index (χ4v) is 2.09. The molecule has 20 heavy (non-hydrogen) atoms. The van der Waals surface area contributed by atoms with E-state index in [-0.39, 0.29) is 6.61 Å². The second-order valence-electron chi connectivity index (χ2n) is 4.85. The van der Waals surface area contributed by atoms with E-state index in [0.29, 0.717) is 13.2 Å². The normalized spacial score (nSPS) is 11.1. The quantitative estimate of drug-likeness (QED) is 0.723. The Labute approximate surface area is 119 Å². The lowest BCUT2D eigenvalue weighted by molar-refractivity contribution is 0.0907. The first-order valence-electron chi connectivity index (χ1n) is 7.05. The van der Waals surface area contributed by atoms with Crippen molar-refractivity contribution in [2.75, 3.05) is 26.4 Å². The molecule has 2 aromatic rings. The van der Waals surface area contributed by atoms with Crippen molar-refractivity contribution >= 4 is 10.9 Å². The summed E-state index contributed by atoms with van der Waals surface area (Å²) in [7, 11) is 0. The molecule has 0 radical (unpaired) electrons. The summed E-state index contributed by atoms with van der Waals surface area (Å²) in [5.74, 6) is 0. The molecule has 1 aromatic heterocycles. The van der Waals surface area contributed by atoms with Crippen molar-refractivity contribution in [1.82, 2.24) is 10.3 Å². The predicted octanol–water partition coefficient (Wildman–Crippen LogP) is 2.03. The number of nitrogens with zero attached hydrogens (tertiary/aromatic N) is 1. The minimum absolute atomic E-state index is 0.0953. The number of nitrogens with one attached hydrogen (secondary N) is 1. The number of rotatable bonds is 8. The van der Waals surface area contributed by atoms with Gasteiger partial charge in [0.05, 0.1) is 18.7 Å². The standard InChI is InChI=1S/C16H22N2O2/c1-13-3-5-15-11-14(4-6-16(15)18-13)12-17-7-2-9-20-10-8-19/h3-6,11,17,19H,2,7-10,12H2,1H3. The number of aryl methyl sites for hydroxylation is 1. The number of fused-ring (bicyclic) bond motifs is 1. The molecular formula is C16H22N2O2. The number of ether oxygens (including phenoxy) is 1. The molecule has 4 nitrogen and oxygen atoms in total. The van der Waals surface area contributed by atoms with Gasteiger partial charge in [0.25, 0.3) is 0 Å². The Hall–Kier alpha value is -1.49. The molecule has 0 aliphatic rings. The van der Waals surface area contributed by atoms with E-state index in [1.165, 1.54) is 10.9 Å². The van der Waals surface area contributed by atoms with Crippen molar-refractivity contribution in [3.8, 4) is 0 Å². The third kappa shape index (κ3) is 4.56. The van der Waals surface area contributed by atoms with Crippen LogP contribution in [0.2, 0.25) is 0 Å². The van der Waals surface area contributed by atoms with Crippen LogP contribution in [0.1, 0.15) is 17.7 Å². The van der Waals surface area contributed by atoms with Crippen molar-refractivity contribution in [3.63, 3.8) is 0 Å². The lowest BCUT2D eigenvalue weighted by Crippen LogP contribution is -2.16. The van der Waals surface area contributed by atoms with E-state index in [0.717, 1.165) is 30.7 Å². The third-order valence-electron chi connectivity index (χ3n) is 3.10. The van der Waals surface area contributed by atoms with Crippen LogP contribution >= 0.6 is 0 Å². The van der Waals surface area contributed by atoms with Gasteiger partial charge in [0.2, 0.25) is 0 Å². The molecular weight excluding hydrogens is 252 g/mol. The predicted molar refractivity (Wildman–Crippen MR) is 80.7 cm³/mol. The van der Waals surface area contributed by atoms with Crippen molar-refractivity contribution in [3.05, 3.63) is 41.6 Å². The van der Waals surface area contributed by atoms with Gasteiger partial charge in [0.1, 0.15) is 0 Å². The number of hydrogen-bond donors (Lipinski definition) is 2. The van der Waals surface area contributed by atoms with E-state index in [4.69, 9.17) is 9.84 Å². The van der Waals surface area contributed by atoms with Gasteiger partial charge in [0, 0.05) is 24.2 Å². The van der Waals surface area contributed by atoms with Crippen LogP contribution in [0.3, 0.4) is 0 Å². The summed E-state index contributed by atoms with van der Waals surface area (Å²) in [6.07, 6.45) is 0.953. The lowest BCUT2D eigenvalue weighted by Gasteiger charge is -2.07. The van der Waals surface area contributed by atoms with Crippen LogP contribution in [0.5, 0.6) is 0 Å². The fraction of sp³-hybridized carbons (Fsp3) is 0.438. The minimum atomic E-state index is 0.0953. The Kier molecular flexibility index (Phi) is 5.92. The Morgan fingerprint density at radius 1 is 1.20 bits per heavy atom. The Balaban J connectivity index is 1.77. The van der Waals surface area contributed by atoms with Gasteiger partial charge in [-0.15, -0.1) is 0 Å². The van der Waals surface area contributed by atoms with Gasteiger partial charge in [0.15, 0.2) is 0 Å². The zero-order chi connectivity index (χ0) is 14.2. The van der Waals surface area contributed by atoms with Gasteiger partial charge >= 0.3 is 0 Å². The average molecular weight is 274 g/mol. The molecule has 0 unspecified atom stereocenters. The molecule has 4 heteroatoms. The van der Waals surface area contributed by atoms with Crippen molar-refractivity contribution in [1.29, 1.82) is 0 Å². The van der Waals surface area contributed by atoms with Gasteiger partial charge < -0.3 is 15.2 Å². The number of aromatic nitrogens is 1. The Bertz CT molecular complexity index is 543. The zero-order valence-electron chi connectivity index (χ0n) is 11.9. The summed E-state index contributed by atoms with van der Waals surface area (Å²) >= 11 is 0. The second kappa shape index (κ2) is 7.94. The van der Waals surface area contributed by atoms with E-state index in [1.54, 1.807) is 0 Å². The lowest BCUT2D eigenvalue weighted by atomic mass is 10.1. The molecule has 0 aliphatic carbocycles. The molecule has 2 rings (SSSR count). The summed E-state index contributed by atoms with van der Waals surface area (Å²) in [4.78, 5) is 4.50. The number of pyridine rings is 1. The smallest absolute Gasteiger partial charge is 0.0705 e. The molecule has 108 valence electrons. The van der Waals surface area contributed by atoms with E-state index in [9.17, 15) is 0 Å². The number of aliphatic hydroxyl groups excluding tert-OH is 1. The van der Waals surface area contributed by atoms with Gasteiger partial charge in [-0.05, 0) is 43.7 Å². The third-order valence-corrected chi connectivity index (χ3v) is 3.10. The molecule has 0 atom stereocenters. The Morgan fingerprint density at radius 2 is 2.10 bits per heavy atom. The zero-order valence-corrected chi connectivity index (χ0v) is 11.9. The highest BCUT2D eigenvalue weighted by molar-refractivity contribution is 5.79. The van der Waals surface area contributed by atoms with Gasteiger partial charge in [-0.2, -0.15) is 0 Å². The molecule has 0 fully saturated rings. The minimum Gasteiger partial charge on any atom is -0.394 e. The fourth-order valence-electron chi connectivity index (χ4n) is 2.09. The van der Waals surface area contributed by atoms with Gasteiger partial charge in [-0.25, -0.2) is 0 Å². The summed E-state index contributed by atoms with van der Waals surface area (Å²) in [6.45, 7) is 4.98. The van der Waals surface area contributed by atoms with E-state index in [2.05, 4.69) is 34.6 Å². The first kappa shape index (κ1) is 14.9. The summed E-state index contributed by atoms with van der Waals surface area (Å²) in [5, 5.41) is 13.1. The molecule has 0 aliphatic heterocycles. The van der Waals surface area contributed by atoms with Crippen molar-refractivity contribution in [2.24, 2.45) is 0 Å². The maximum atomic E-state index is 8.58. The molecule has 0 amide bonds. The largest absolute Gasteiger partial charge is 0.394 e. The first-order chi connectivity index (χ1) is 9.79. The van der Waals surface area contributed by atoms with E-state index in [1.807, 2.05) is 13.0 Å². The maximum Gasteiger partial charge on any atom is 0.0705 e. The molecule has 1 heterocycles. The van der Waals surface area contributed by atoms with Crippen molar-refractivity contribution in [2.45, 2.75) is 19.9 Å². The monoisotopic (exact) mass is 274 g/mol. The number of benzene rings is 1. The van der Waals surface area contributed by atoms with Crippen LogP contribution in [0.25, 0.3) is 10.9 Å². The van der Waals surface area contributed by atoms with Crippen LogP contribution in [-0.4, -0.2) is 36.5 Å². The highest BCUT2D eigenvalue weighted by Crippen LogP contribution is 2.14. The summed E-state index contributed by atoms with van der Waals surface area (Å²) in [6, 6.07) is 10.5. The Morgan fingerprint density at radius 3 is 2.95 bits per heavy atom. The topological polar surface area (TPSA) is 54.4 Å². The molecule has 0 spiro atoms. The second-order valence-corrected chi connectivity index (χ2v) is 4.85.